The molecular formula is C17H21ClFN5O2. The summed E-state index contributed by atoms with van der Waals surface area (Å²) >= 11 is 0. The maximum Gasteiger partial charge on any atom is 0.254 e. The molecule has 1 aliphatic rings. The first-order valence-electron chi connectivity index (χ1n) is 8.19. The number of fused-ring (bicyclic) bond motifs is 1. The Hall–Kier alpha value is -2.45. The van der Waals surface area contributed by atoms with Crippen LogP contribution in [0.5, 0.6) is 0 Å². The zero-order chi connectivity index (χ0) is 17.6. The Labute approximate surface area is 156 Å². The maximum absolute atomic E-state index is 13.5. The van der Waals surface area contributed by atoms with Gasteiger partial charge in [0.25, 0.3) is 5.91 Å². The third-order valence-electron chi connectivity index (χ3n) is 3.94. The molecule has 140 valence electrons. The lowest BCUT2D eigenvalue weighted by molar-refractivity contribution is -0.121. The van der Waals surface area contributed by atoms with Crippen LogP contribution in [0.1, 0.15) is 28.2 Å². The molecule has 7 nitrogen and oxygen atoms in total. The van der Waals surface area contributed by atoms with E-state index in [4.69, 9.17) is 0 Å². The molecule has 0 saturated carbocycles. The lowest BCUT2D eigenvalue weighted by atomic mass is 10.2. The number of halogens is 2. The molecule has 0 radical (unpaired) electrons. The van der Waals surface area contributed by atoms with Crippen molar-refractivity contribution < 1.29 is 14.0 Å². The first kappa shape index (κ1) is 19.9. The van der Waals surface area contributed by atoms with Gasteiger partial charge in [-0.25, -0.2) is 4.39 Å². The van der Waals surface area contributed by atoms with E-state index in [9.17, 15) is 14.0 Å². The van der Waals surface area contributed by atoms with Crippen LogP contribution >= 0.6 is 12.4 Å². The van der Waals surface area contributed by atoms with E-state index in [1.54, 1.807) is 6.07 Å². The molecule has 1 aromatic heterocycles. The van der Waals surface area contributed by atoms with Crippen molar-refractivity contribution >= 4 is 24.2 Å². The Morgan fingerprint density at radius 1 is 1.27 bits per heavy atom. The standard InChI is InChI=1S/C17H20FN5O2.ClH/c18-15-4-2-1-3-14(15)17(25)20-6-5-16(24)21-10-12-9-13-11-19-7-8-23(13)22-12;/h1-4,9,19H,5-8,10-11H2,(H,20,25)(H,21,24);1H. The summed E-state index contributed by atoms with van der Waals surface area (Å²) in [7, 11) is 0. The Morgan fingerprint density at radius 2 is 2.08 bits per heavy atom. The van der Waals surface area contributed by atoms with E-state index in [-0.39, 0.29) is 36.8 Å². The fourth-order valence-corrected chi connectivity index (χ4v) is 2.65. The lowest BCUT2D eigenvalue weighted by Crippen LogP contribution is -2.31. The summed E-state index contributed by atoms with van der Waals surface area (Å²) in [5.74, 6) is -1.30. The highest BCUT2D eigenvalue weighted by atomic mass is 35.5. The summed E-state index contributed by atoms with van der Waals surface area (Å²) in [5, 5.41) is 13.0. The summed E-state index contributed by atoms with van der Waals surface area (Å²) in [6.07, 6.45) is 0.120. The molecule has 0 atom stereocenters. The zero-order valence-corrected chi connectivity index (χ0v) is 14.9. The van der Waals surface area contributed by atoms with Gasteiger partial charge >= 0.3 is 0 Å². The molecule has 0 bridgehead atoms. The molecule has 0 fully saturated rings. The minimum absolute atomic E-state index is 0. The first-order chi connectivity index (χ1) is 12.1. The quantitative estimate of drug-likeness (QED) is 0.696. The van der Waals surface area contributed by atoms with Crippen LogP contribution in [0.25, 0.3) is 0 Å². The first-order valence-corrected chi connectivity index (χ1v) is 8.19. The molecular weight excluding hydrogens is 361 g/mol. The number of nitrogens with one attached hydrogen (secondary N) is 3. The Bertz CT molecular complexity index is 757. The highest BCUT2D eigenvalue weighted by molar-refractivity contribution is 5.94. The molecule has 26 heavy (non-hydrogen) atoms. The normalized spacial score (nSPS) is 12.7. The third kappa shape index (κ3) is 5.03. The van der Waals surface area contributed by atoms with Crippen LogP contribution in [0.15, 0.2) is 30.3 Å². The fourth-order valence-electron chi connectivity index (χ4n) is 2.65. The molecule has 2 aromatic rings. The van der Waals surface area contributed by atoms with Gasteiger partial charge in [0.15, 0.2) is 0 Å². The van der Waals surface area contributed by atoms with Gasteiger partial charge < -0.3 is 16.0 Å². The van der Waals surface area contributed by atoms with Crippen LogP contribution < -0.4 is 16.0 Å². The Morgan fingerprint density at radius 3 is 2.85 bits per heavy atom. The maximum atomic E-state index is 13.5. The number of rotatable bonds is 6. The number of benzene rings is 1. The van der Waals surface area contributed by atoms with Gasteiger partial charge in [-0.1, -0.05) is 12.1 Å². The van der Waals surface area contributed by atoms with Gasteiger partial charge in [0.2, 0.25) is 5.91 Å². The van der Waals surface area contributed by atoms with Gasteiger partial charge in [-0.15, -0.1) is 12.4 Å². The van der Waals surface area contributed by atoms with E-state index in [0.717, 1.165) is 31.0 Å². The predicted octanol–water partition coefficient (Wildman–Crippen LogP) is 0.983. The molecule has 9 heteroatoms. The highest BCUT2D eigenvalue weighted by Gasteiger charge is 2.13. The van der Waals surface area contributed by atoms with Crippen molar-refractivity contribution in [3.05, 3.63) is 53.1 Å². The van der Waals surface area contributed by atoms with Crippen LogP contribution in [0, 0.1) is 5.82 Å². The minimum Gasteiger partial charge on any atom is -0.351 e. The van der Waals surface area contributed by atoms with E-state index < -0.39 is 11.7 Å². The van der Waals surface area contributed by atoms with Gasteiger partial charge in [0, 0.05) is 26.1 Å². The van der Waals surface area contributed by atoms with Gasteiger partial charge in [0.05, 0.1) is 30.0 Å². The third-order valence-corrected chi connectivity index (χ3v) is 3.94. The van der Waals surface area contributed by atoms with Crippen LogP contribution in [0.3, 0.4) is 0 Å². The SMILES string of the molecule is Cl.O=C(CCNC(=O)c1ccccc1F)NCc1cc2n(n1)CCNC2. The van der Waals surface area contributed by atoms with Crippen molar-refractivity contribution in [3.63, 3.8) is 0 Å². The van der Waals surface area contributed by atoms with Gasteiger partial charge in [-0.05, 0) is 18.2 Å². The number of hydrogen-bond donors (Lipinski definition) is 3. The van der Waals surface area contributed by atoms with E-state index in [1.807, 2.05) is 10.7 Å². The average Bonchev–Trinajstić information content (AvgIpc) is 3.03. The van der Waals surface area contributed by atoms with Crippen LogP contribution in [0.2, 0.25) is 0 Å². The summed E-state index contributed by atoms with van der Waals surface area (Å²) < 4.78 is 15.4. The van der Waals surface area contributed by atoms with E-state index >= 15 is 0 Å². The second-order valence-corrected chi connectivity index (χ2v) is 5.79. The lowest BCUT2D eigenvalue weighted by Gasteiger charge is -2.13. The number of carbonyl (C=O) groups is 2. The van der Waals surface area contributed by atoms with E-state index in [0.29, 0.717) is 6.54 Å². The average molecular weight is 382 g/mol. The van der Waals surface area contributed by atoms with Gasteiger partial charge in [-0.3, -0.25) is 14.3 Å². The minimum atomic E-state index is -0.581. The topological polar surface area (TPSA) is 88.1 Å². The molecule has 0 aliphatic carbocycles. The molecule has 0 unspecified atom stereocenters. The zero-order valence-electron chi connectivity index (χ0n) is 14.1. The summed E-state index contributed by atoms with van der Waals surface area (Å²) in [6.45, 7) is 2.99. The molecule has 3 rings (SSSR count). The monoisotopic (exact) mass is 381 g/mol. The largest absolute Gasteiger partial charge is 0.351 e. The molecule has 2 amide bonds. The molecule has 2 heterocycles. The predicted molar refractivity (Wildman–Crippen MR) is 96.4 cm³/mol. The summed E-state index contributed by atoms with van der Waals surface area (Å²) in [5.41, 5.74) is 1.88. The fraction of sp³-hybridized carbons (Fsp3) is 0.353. The van der Waals surface area contributed by atoms with Crippen molar-refractivity contribution in [1.29, 1.82) is 0 Å². The van der Waals surface area contributed by atoms with Crippen molar-refractivity contribution in [2.75, 3.05) is 13.1 Å². The number of hydrogen-bond acceptors (Lipinski definition) is 4. The highest BCUT2D eigenvalue weighted by Crippen LogP contribution is 2.08. The van der Waals surface area contributed by atoms with Crippen molar-refractivity contribution in [1.82, 2.24) is 25.7 Å². The van der Waals surface area contributed by atoms with Gasteiger partial charge in [-0.2, -0.15) is 5.10 Å². The number of amides is 2. The second-order valence-electron chi connectivity index (χ2n) is 5.79. The van der Waals surface area contributed by atoms with Crippen LogP contribution in [-0.2, 0) is 24.4 Å². The summed E-state index contributed by atoms with van der Waals surface area (Å²) in [4.78, 5) is 23.7. The number of carbonyl (C=O) groups excluding carboxylic acids is 2. The van der Waals surface area contributed by atoms with Crippen LogP contribution in [-0.4, -0.2) is 34.7 Å². The second kappa shape index (κ2) is 9.30. The molecule has 0 saturated heterocycles. The molecule has 3 N–H and O–H groups in total. The molecule has 1 aromatic carbocycles. The Balaban J connectivity index is 0.00000243. The van der Waals surface area contributed by atoms with E-state index in [1.165, 1.54) is 18.2 Å². The number of aromatic nitrogens is 2. The molecule has 1 aliphatic heterocycles. The van der Waals surface area contributed by atoms with E-state index in [2.05, 4.69) is 21.0 Å². The van der Waals surface area contributed by atoms with Crippen molar-refractivity contribution in [2.45, 2.75) is 26.1 Å². The summed E-state index contributed by atoms with van der Waals surface area (Å²) in [6, 6.07) is 7.70. The van der Waals surface area contributed by atoms with Gasteiger partial charge in [0.1, 0.15) is 5.82 Å². The van der Waals surface area contributed by atoms with Crippen molar-refractivity contribution in [2.24, 2.45) is 0 Å². The van der Waals surface area contributed by atoms with Crippen LogP contribution in [0.4, 0.5) is 4.39 Å². The number of nitrogens with zero attached hydrogens (tertiary/aromatic N) is 2. The molecule has 0 spiro atoms. The Kier molecular flexibility index (Phi) is 7.11. The smallest absolute Gasteiger partial charge is 0.254 e. The van der Waals surface area contributed by atoms with Crippen molar-refractivity contribution in [3.8, 4) is 0 Å².